The summed E-state index contributed by atoms with van der Waals surface area (Å²) in [5, 5.41) is 3.55. The molecule has 4 nitrogen and oxygen atoms in total. The summed E-state index contributed by atoms with van der Waals surface area (Å²) in [6, 6.07) is 15.2. The Hall–Kier alpha value is -2.33. The van der Waals surface area contributed by atoms with Crippen LogP contribution in [0.15, 0.2) is 48.5 Å². The number of para-hydroxylation sites is 1. The molecule has 0 aliphatic rings. The van der Waals surface area contributed by atoms with Crippen molar-refractivity contribution in [3.8, 4) is 0 Å². The van der Waals surface area contributed by atoms with E-state index < -0.39 is 0 Å². The van der Waals surface area contributed by atoms with E-state index in [0.29, 0.717) is 18.0 Å². The van der Waals surface area contributed by atoms with Crippen LogP contribution in [0, 0.1) is 0 Å². The van der Waals surface area contributed by atoms with Crippen molar-refractivity contribution in [3.05, 3.63) is 64.7 Å². The Labute approximate surface area is 153 Å². The molecule has 0 bridgehead atoms. The lowest BCUT2D eigenvalue weighted by atomic mass is 10.1. The molecule has 0 spiro atoms. The van der Waals surface area contributed by atoms with Crippen LogP contribution in [0.3, 0.4) is 0 Å². The zero-order valence-corrected chi connectivity index (χ0v) is 15.3. The number of nitrogens with zero attached hydrogens (tertiary/aromatic N) is 1. The van der Waals surface area contributed by atoms with Gasteiger partial charge in [0, 0.05) is 24.2 Å². The summed E-state index contributed by atoms with van der Waals surface area (Å²) in [6.45, 7) is 4.02. The zero-order valence-electron chi connectivity index (χ0n) is 14.6. The van der Waals surface area contributed by atoms with Crippen molar-refractivity contribution < 1.29 is 9.59 Å². The van der Waals surface area contributed by atoms with Crippen molar-refractivity contribution in [1.82, 2.24) is 5.32 Å². The van der Waals surface area contributed by atoms with Gasteiger partial charge in [-0.25, -0.2) is 0 Å². The van der Waals surface area contributed by atoms with Crippen LogP contribution in [0.25, 0.3) is 0 Å². The Kier molecular flexibility index (Phi) is 7.02. The van der Waals surface area contributed by atoms with Crippen molar-refractivity contribution in [2.45, 2.75) is 26.7 Å². The minimum atomic E-state index is -0.178. The van der Waals surface area contributed by atoms with Crippen LogP contribution in [0.5, 0.6) is 0 Å². The third kappa shape index (κ3) is 5.61. The van der Waals surface area contributed by atoms with Crippen molar-refractivity contribution in [3.63, 3.8) is 0 Å². The Morgan fingerprint density at radius 2 is 1.88 bits per heavy atom. The van der Waals surface area contributed by atoms with Gasteiger partial charge in [-0.1, -0.05) is 48.9 Å². The molecule has 2 aromatic rings. The third-order valence-electron chi connectivity index (χ3n) is 3.97. The monoisotopic (exact) mass is 358 g/mol. The highest BCUT2D eigenvalue weighted by molar-refractivity contribution is 6.30. The van der Waals surface area contributed by atoms with Gasteiger partial charge in [0.05, 0.1) is 0 Å². The molecule has 0 fully saturated rings. The highest BCUT2D eigenvalue weighted by atomic mass is 35.5. The molecule has 0 heterocycles. The number of hydrogen-bond donors (Lipinski definition) is 1. The molecule has 1 N–H and O–H groups in total. The number of benzene rings is 2. The molecule has 0 saturated carbocycles. The summed E-state index contributed by atoms with van der Waals surface area (Å²) < 4.78 is 0. The van der Waals surface area contributed by atoms with Crippen LogP contribution >= 0.6 is 11.6 Å². The summed E-state index contributed by atoms with van der Waals surface area (Å²) in [7, 11) is 0. The maximum Gasteiger partial charge on any atom is 0.240 e. The van der Waals surface area contributed by atoms with Crippen molar-refractivity contribution in [1.29, 1.82) is 0 Å². The molecule has 0 aliphatic heterocycles. The second kappa shape index (κ2) is 9.23. The lowest BCUT2D eigenvalue weighted by Gasteiger charge is -2.23. The average molecular weight is 359 g/mol. The van der Waals surface area contributed by atoms with E-state index in [1.54, 1.807) is 0 Å². The Balaban J connectivity index is 1.95. The zero-order chi connectivity index (χ0) is 18.2. The number of carbonyl (C=O) groups is 2. The van der Waals surface area contributed by atoms with Gasteiger partial charge >= 0.3 is 0 Å². The second-order valence-electron chi connectivity index (χ2n) is 5.82. The van der Waals surface area contributed by atoms with Gasteiger partial charge in [-0.3, -0.25) is 9.59 Å². The summed E-state index contributed by atoms with van der Waals surface area (Å²) in [6.07, 6.45) is 1.49. The van der Waals surface area contributed by atoms with Crippen LogP contribution < -0.4 is 10.2 Å². The molecule has 2 aromatic carbocycles. The third-order valence-corrected chi connectivity index (χ3v) is 4.21. The first-order valence-electron chi connectivity index (χ1n) is 8.38. The van der Waals surface area contributed by atoms with Crippen LogP contribution in [-0.2, 0) is 22.4 Å². The summed E-state index contributed by atoms with van der Waals surface area (Å²) in [5.74, 6) is -0.325. The number of nitrogens with one attached hydrogen (secondary N) is 1. The van der Waals surface area contributed by atoms with E-state index in [0.717, 1.165) is 23.2 Å². The van der Waals surface area contributed by atoms with E-state index in [4.69, 9.17) is 11.6 Å². The molecule has 25 heavy (non-hydrogen) atoms. The van der Waals surface area contributed by atoms with Gasteiger partial charge in [-0.05, 0) is 42.2 Å². The fourth-order valence-electron chi connectivity index (χ4n) is 2.68. The molecule has 2 rings (SSSR count). The maximum atomic E-state index is 12.3. The number of carbonyl (C=O) groups excluding carboxylic acids is 2. The predicted molar refractivity (Wildman–Crippen MR) is 102 cm³/mol. The first-order chi connectivity index (χ1) is 12.0. The summed E-state index contributed by atoms with van der Waals surface area (Å²) in [5.41, 5.74) is 2.90. The van der Waals surface area contributed by atoms with E-state index in [9.17, 15) is 9.59 Å². The SMILES string of the molecule is CCc1ccccc1N(CC(=O)NCCc1cccc(Cl)c1)C(C)=O. The number of anilines is 1. The maximum absolute atomic E-state index is 12.3. The Bertz CT molecular complexity index is 746. The Morgan fingerprint density at radius 3 is 2.56 bits per heavy atom. The minimum Gasteiger partial charge on any atom is -0.354 e. The fraction of sp³-hybridized carbons (Fsp3) is 0.300. The topological polar surface area (TPSA) is 49.4 Å². The number of aryl methyl sites for hydroxylation is 1. The molecule has 5 heteroatoms. The quantitative estimate of drug-likeness (QED) is 0.821. The van der Waals surface area contributed by atoms with Gasteiger partial charge in [-0.2, -0.15) is 0 Å². The van der Waals surface area contributed by atoms with Gasteiger partial charge in [0.15, 0.2) is 0 Å². The van der Waals surface area contributed by atoms with Crippen molar-refractivity contribution in [2.24, 2.45) is 0 Å². The lowest BCUT2D eigenvalue weighted by Crippen LogP contribution is -2.40. The molecular weight excluding hydrogens is 336 g/mol. The van der Waals surface area contributed by atoms with E-state index in [2.05, 4.69) is 5.32 Å². The smallest absolute Gasteiger partial charge is 0.240 e. The highest BCUT2D eigenvalue weighted by Crippen LogP contribution is 2.21. The largest absolute Gasteiger partial charge is 0.354 e. The van der Waals surface area contributed by atoms with E-state index in [1.807, 2.05) is 55.5 Å². The van der Waals surface area contributed by atoms with E-state index in [-0.39, 0.29) is 18.4 Å². The summed E-state index contributed by atoms with van der Waals surface area (Å²) >= 11 is 5.95. The molecular formula is C20H23ClN2O2. The number of rotatable bonds is 7. The first kappa shape index (κ1) is 19.0. The molecule has 0 aromatic heterocycles. The van der Waals surface area contributed by atoms with Gasteiger partial charge < -0.3 is 10.2 Å². The minimum absolute atomic E-state index is 0.0158. The van der Waals surface area contributed by atoms with Crippen LogP contribution in [0.4, 0.5) is 5.69 Å². The van der Waals surface area contributed by atoms with Gasteiger partial charge in [0.1, 0.15) is 6.54 Å². The summed E-state index contributed by atoms with van der Waals surface area (Å²) in [4.78, 5) is 25.8. The van der Waals surface area contributed by atoms with Gasteiger partial charge in [-0.15, -0.1) is 0 Å². The molecule has 0 atom stereocenters. The van der Waals surface area contributed by atoms with Crippen LogP contribution in [0.1, 0.15) is 25.0 Å². The van der Waals surface area contributed by atoms with Gasteiger partial charge in [0.2, 0.25) is 11.8 Å². The predicted octanol–water partition coefficient (Wildman–Crippen LogP) is 3.61. The molecule has 0 saturated heterocycles. The standard InChI is InChI=1S/C20H23ClN2O2/c1-3-17-8-4-5-10-19(17)23(15(2)24)14-20(25)22-12-11-16-7-6-9-18(21)13-16/h4-10,13H,3,11-12,14H2,1-2H3,(H,22,25). The normalized spacial score (nSPS) is 10.4. The first-order valence-corrected chi connectivity index (χ1v) is 8.76. The fourth-order valence-corrected chi connectivity index (χ4v) is 2.89. The molecule has 132 valence electrons. The molecule has 2 amide bonds. The molecule has 0 aliphatic carbocycles. The molecule has 0 unspecified atom stereocenters. The van der Waals surface area contributed by atoms with E-state index in [1.165, 1.54) is 11.8 Å². The van der Waals surface area contributed by atoms with Crippen LogP contribution in [0.2, 0.25) is 5.02 Å². The number of amides is 2. The van der Waals surface area contributed by atoms with Crippen molar-refractivity contribution in [2.75, 3.05) is 18.0 Å². The number of hydrogen-bond acceptors (Lipinski definition) is 2. The Morgan fingerprint density at radius 1 is 1.12 bits per heavy atom. The second-order valence-corrected chi connectivity index (χ2v) is 6.25. The van der Waals surface area contributed by atoms with Crippen molar-refractivity contribution >= 4 is 29.1 Å². The average Bonchev–Trinajstić information content (AvgIpc) is 2.59. The van der Waals surface area contributed by atoms with Gasteiger partial charge in [0.25, 0.3) is 0 Å². The molecule has 0 radical (unpaired) electrons. The highest BCUT2D eigenvalue weighted by Gasteiger charge is 2.17. The number of halogens is 1. The lowest BCUT2D eigenvalue weighted by molar-refractivity contribution is -0.123. The van der Waals surface area contributed by atoms with Crippen LogP contribution in [-0.4, -0.2) is 24.9 Å². The van der Waals surface area contributed by atoms with E-state index >= 15 is 0 Å².